The molecule has 0 saturated heterocycles. The summed E-state index contributed by atoms with van der Waals surface area (Å²) in [7, 11) is -4.27. The summed E-state index contributed by atoms with van der Waals surface area (Å²) in [5.74, 6) is -0.385. The van der Waals surface area contributed by atoms with Crippen LogP contribution in [0.15, 0.2) is 113 Å². The van der Waals surface area contributed by atoms with E-state index >= 15 is 0 Å². The van der Waals surface area contributed by atoms with Gasteiger partial charge in [0, 0.05) is 29.4 Å². The molecule has 0 aliphatic rings. The van der Waals surface area contributed by atoms with Gasteiger partial charge in [0.2, 0.25) is 11.8 Å². The molecule has 2 amide bonds. The van der Waals surface area contributed by atoms with Crippen LogP contribution < -0.4 is 14.4 Å². The Labute approximate surface area is 293 Å². The molecule has 0 aliphatic carbocycles. The molecule has 0 fully saturated rings. The number of carbonyl (C=O) groups excluding carboxylic acids is 2. The summed E-state index contributed by atoms with van der Waals surface area (Å²) in [5, 5.41) is 3.53. The highest BCUT2D eigenvalue weighted by Crippen LogP contribution is 2.33. The minimum Gasteiger partial charge on any atom is -0.492 e. The first kappa shape index (κ1) is 36.8. The van der Waals surface area contributed by atoms with Crippen molar-refractivity contribution in [2.45, 2.75) is 49.6 Å². The third kappa shape index (κ3) is 9.78. The maximum atomic E-state index is 14.7. The van der Waals surface area contributed by atoms with E-state index in [1.54, 1.807) is 67.6 Å². The Morgan fingerprint density at radius 2 is 1.52 bits per heavy atom. The van der Waals surface area contributed by atoms with Gasteiger partial charge in [0.25, 0.3) is 10.0 Å². The molecular weight excluding hydrogens is 666 g/mol. The van der Waals surface area contributed by atoms with Gasteiger partial charge in [-0.15, -0.1) is 11.8 Å². The number of nitrogens with one attached hydrogen (secondary N) is 1. The van der Waals surface area contributed by atoms with E-state index in [-0.39, 0.29) is 35.4 Å². The van der Waals surface area contributed by atoms with E-state index in [9.17, 15) is 18.0 Å². The van der Waals surface area contributed by atoms with Crippen LogP contribution in [-0.2, 0) is 32.6 Å². The Kier molecular flexibility index (Phi) is 13.4. The lowest BCUT2D eigenvalue weighted by Gasteiger charge is -2.34. The Morgan fingerprint density at radius 1 is 0.875 bits per heavy atom. The minimum atomic E-state index is -4.27. The predicted molar refractivity (Wildman–Crippen MR) is 194 cm³/mol. The first-order valence-electron chi connectivity index (χ1n) is 15.8. The molecule has 0 aromatic heterocycles. The van der Waals surface area contributed by atoms with Crippen LogP contribution in [0.2, 0.25) is 5.02 Å². The fourth-order valence-electron chi connectivity index (χ4n) is 5.09. The van der Waals surface area contributed by atoms with Crippen molar-refractivity contribution in [1.82, 2.24) is 10.2 Å². The molecule has 0 spiro atoms. The van der Waals surface area contributed by atoms with Crippen LogP contribution in [0.3, 0.4) is 0 Å². The Balaban J connectivity index is 1.83. The molecule has 0 saturated carbocycles. The largest absolute Gasteiger partial charge is 0.492 e. The molecule has 48 heavy (non-hydrogen) atoms. The molecule has 1 atom stereocenters. The van der Waals surface area contributed by atoms with Gasteiger partial charge in [0.05, 0.1) is 17.2 Å². The van der Waals surface area contributed by atoms with Crippen LogP contribution in [0, 0.1) is 5.92 Å². The van der Waals surface area contributed by atoms with E-state index in [0.29, 0.717) is 23.9 Å². The van der Waals surface area contributed by atoms with Crippen molar-refractivity contribution in [2.24, 2.45) is 5.92 Å². The molecule has 0 unspecified atom stereocenters. The molecule has 0 bridgehead atoms. The second-order valence-corrected chi connectivity index (χ2v) is 14.8. The highest BCUT2D eigenvalue weighted by Gasteiger charge is 2.35. The zero-order valence-corrected chi connectivity index (χ0v) is 30.0. The Morgan fingerprint density at radius 3 is 2.15 bits per heavy atom. The van der Waals surface area contributed by atoms with Gasteiger partial charge < -0.3 is 15.0 Å². The molecule has 4 rings (SSSR count). The topological polar surface area (TPSA) is 96.0 Å². The van der Waals surface area contributed by atoms with Crippen LogP contribution in [0.25, 0.3) is 0 Å². The summed E-state index contributed by atoms with van der Waals surface area (Å²) in [6, 6.07) is 28.8. The van der Waals surface area contributed by atoms with Crippen molar-refractivity contribution in [2.75, 3.05) is 30.3 Å². The average Bonchev–Trinajstić information content (AvgIpc) is 3.09. The SMILES string of the molecule is CCOc1ccccc1N(CC(=O)N(Cc1ccc(Cl)cc1)[C@@H](Cc1ccccc1)C(=O)NCC(C)C)S(=O)(=O)c1ccc(SC)cc1. The predicted octanol–water partition coefficient (Wildman–Crippen LogP) is 7.07. The maximum absolute atomic E-state index is 14.7. The minimum absolute atomic E-state index is 0.0270. The summed E-state index contributed by atoms with van der Waals surface area (Å²) in [6.45, 7) is 5.97. The Bertz CT molecular complexity index is 1750. The number of amides is 2. The van der Waals surface area contributed by atoms with E-state index in [4.69, 9.17) is 16.3 Å². The van der Waals surface area contributed by atoms with Gasteiger partial charge in [-0.1, -0.05) is 80.0 Å². The highest BCUT2D eigenvalue weighted by atomic mass is 35.5. The molecule has 11 heteroatoms. The number of thioether (sulfide) groups is 1. The molecular formula is C37H42ClN3O5S2. The molecule has 0 heterocycles. The van der Waals surface area contributed by atoms with E-state index in [2.05, 4.69) is 5.32 Å². The van der Waals surface area contributed by atoms with Gasteiger partial charge >= 0.3 is 0 Å². The highest BCUT2D eigenvalue weighted by molar-refractivity contribution is 7.98. The second kappa shape index (κ2) is 17.4. The number of sulfonamides is 1. The smallest absolute Gasteiger partial charge is 0.264 e. The number of hydrogen-bond donors (Lipinski definition) is 1. The first-order valence-corrected chi connectivity index (χ1v) is 18.8. The van der Waals surface area contributed by atoms with Crippen LogP contribution >= 0.6 is 23.4 Å². The van der Waals surface area contributed by atoms with Gasteiger partial charge in [0.15, 0.2) is 0 Å². The average molecular weight is 708 g/mol. The first-order chi connectivity index (χ1) is 23.0. The summed E-state index contributed by atoms with van der Waals surface area (Å²) in [5.41, 5.74) is 1.81. The van der Waals surface area contributed by atoms with Crippen LogP contribution in [0.4, 0.5) is 5.69 Å². The monoisotopic (exact) mass is 707 g/mol. The number of ether oxygens (including phenoxy) is 1. The summed E-state index contributed by atoms with van der Waals surface area (Å²) < 4.78 is 35.7. The summed E-state index contributed by atoms with van der Waals surface area (Å²) >= 11 is 7.67. The zero-order valence-electron chi connectivity index (χ0n) is 27.6. The van der Waals surface area contributed by atoms with Gasteiger partial charge in [-0.25, -0.2) is 8.42 Å². The summed E-state index contributed by atoms with van der Waals surface area (Å²) in [6.07, 6.45) is 2.13. The van der Waals surface area contributed by atoms with Crippen molar-refractivity contribution in [1.29, 1.82) is 0 Å². The molecule has 0 radical (unpaired) electrons. The lowest BCUT2D eigenvalue weighted by molar-refractivity contribution is -0.140. The number of benzene rings is 4. The molecule has 0 aliphatic heterocycles. The molecule has 254 valence electrons. The summed E-state index contributed by atoms with van der Waals surface area (Å²) in [4.78, 5) is 31.0. The molecule has 8 nitrogen and oxygen atoms in total. The normalized spacial score (nSPS) is 12.0. The third-order valence-corrected chi connectivity index (χ3v) is 10.4. The number of hydrogen-bond acceptors (Lipinski definition) is 6. The van der Waals surface area contributed by atoms with Crippen molar-refractivity contribution in [3.63, 3.8) is 0 Å². The van der Waals surface area contributed by atoms with Gasteiger partial charge in [0.1, 0.15) is 18.3 Å². The van der Waals surface area contributed by atoms with Crippen molar-refractivity contribution < 1.29 is 22.7 Å². The van der Waals surface area contributed by atoms with E-state index in [1.807, 2.05) is 50.4 Å². The quantitative estimate of drug-likeness (QED) is 0.125. The molecule has 1 N–H and O–H groups in total. The zero-order chi connectivity index (χ0) is 34.7. The lowest BCUT2D eigenvalue weighted by Crippen LogP contribution is -2.53. The Hall–Kier alpha value is -3.99. The number of halogens is 1. The van der Waals surface area contributed by atoms with Gasteiger partial charge in [-0.3, -0.25) is 13.9 Å². The van der Waals surface area contributed by atoms with Gasteiger partial charge in [-0.05, 0) is 78.8 Å². The number of carbonyl (C=O) groups is 2. The maximum Gasteiger partial charge on any atom is 0.264 e. The van der Waals surface area contributed by atoms with Crippen LogP contribution in [-0.4, -0.2) is 57.1 Å². The van der Waals surface area contributed by atoms with Crippen LogP contribution in [0.1, 0.15) is 31.9 Å². The van der Waals surface area contributed by atoms with Crippen LogP contribution in [0.5, 0.6) is 5.75 Å². The van der Waals surface area contributed by atoms with E-state index < -0.39 is 28.5 Å². The third-order valence-electron chi connectivity index (χ3n) is 7.58. The van der Waals surface area contributed by atoms with Gasteiger partial charge in [-0.2, -0.15) is 0 Å². The fourth-order valence-corrected chi connectivity index (χ4v) is 7.05. The van der Waals surface area contributed by atoms with Crippen molar-refractivity contribution in [3.8, 4) is 5.75 Å². The van der Waals surface area contributed by atoms with E-state index in [1.165, 1.54) is 28.8 Å². The van der Waals surface area contributed by atoms with Crippen molar-refractivity contribution in [3.05, 3.63) is 119 Å². The number of para-hydroxylation sites is 2. The fraction of sp³-hybridized carbons (Fsp3) is 0.297. The van der Waals surface area contributed by atoms with E-state index in [0.717, 1.165) is 20.3 Å². The molecule has 4 aromatic rings. The molecule has 4 aromatic carbocycles. The number of rotatable bonds is 16. The number of anilines is 1. The standard InChI is InChI=1S/C37H42ClN3O5S2/c1-5-46-35-14-10-9-13-33(35)41(48(44,45)32-21-19-31(47-4)20-22-32)26-36(42)40(25-29-15-17-30(38)18-16-29)34(37(43)39-24-27(2)3)23-28-11-7-6-8-12-28/h6-22,27,34H,5,23-26H2,1-4H3,(H,39,43)/t34-/m0/s1. The van der Waals surface area contributed by atoms with Crippen molar-refractivity contribution >= 4 is 50.9 Å². The lowest BCUT2D eigenvalue weighted by atomic mass is 10.0. The number of nitrogens with zero attached hydrogens (tertiary/aromatic N) is 2. The second-order valence-electron chi connectivity index (χ2n) is 11.6.